The largest absolute Gasteiger partial charge is 0.221 e. The Labute approximate surface area is 59.6 Å². The Bertz CT molecular complexity index is 100.0. The van der Waals surface area contributed by atoms with Gasteiger partial charge in [-0.1, -0.05) is 34.8 Å². The molecule has 0 saturated heterocycles. The van der Waals surface area contributed by atoms with Crippen molar-refractivity contribution in [3.05, 3.63) is 0 Å². The van der Waals surface area contributed by atoms with E-state index in [2.05, 4.69) is 0 Å². The second-order valence-corrected chi connectivity index (χ2v) is 3.55. The first-order chi connectivity index (χ1) is 3.06. The van der Waals surface area contributed by atoms with Crippen LogP contribution in [0.25, 0.3) is 0 Å². The van der Waals surface area contributed by atoms with E-state index in [0.29, 0.717) is 0 Å². The molecule has 0 heterocycles. The van der Waals surface area contributed by atoms with Crippen molar-refractivity contribution in [2.45, 2.75) is 3.79 Å². The lowest BCUT2D eigenvalue weighted by molar-refractivity contribution is 0.701. The molecule has 0 fully saturated rings. The summed E-state index contributed by atoms with van der Waals surface area (Å²) in [6.07, 6.45) is 0. The third-order valence-electron chi connectivity index (χ3n) is 0.182. The van der Waals surface area contributed by atoms with Crippen LogP contribution in [0.2, 0.25) is 0 Å². The topological polar surface area (TPSA) is 17.1 Å². The molecule has 0 spiro atoms. The van der Waals surface area contributed by atoms with Crippen molar-refractivity contribution in [2.75, 3.05) is 0 Å². The molecule has 0 aliphatic heterocycles. The maximum Gasteiger partial charge on any atom is 0.221 e. The minimum atomic E-state index is -1.51. The summed E-state index contributed by atoms with van der Waals surface area (Å²) in [5.41, 5.74) is 0. The highest BCUT2D eigenvalue weighted by Gasteiger charge is 2.14. The average molecular weight is 179 g/mol. The van der Waals surface area contributed by atoms with Crippen LogP contribution in [0.1, 0.15) is 0 Å². The molecule has 0 bridgehead atoms. The standard InChI is InChI=1S/C2HCl3OS/c3-2(4,5)1-7-6/h1H. The summed E-state index contributed by atoms with van der Waals surface area (Å²) >= 11 is 15.4. The Kier molecular flexibility index (Phi) is 3.24. The van der Waals surface area contributed by atoms with Gasteiger partial charge >= 0.3 is 0 Å². The van der Waals surface area contributed by atoms with Crippen LogP contribution in [0.15, 0.2) is 0 Å². The molecule has 7 heavy (non-hydrogen) atoms. The summed E-state index contributed by atoms with van der Waals surface area (Å²) < 4.78 is 8.05. The zero-order chi connectivity index (χ0) is 5.91. The first-order valence-corrected chi connectivity index (χ1v) is 3.20. The predicted molar refractivity (Wildman–Crippen MR) is 34.5 cm³/mol. The first kappa shape index (κ1) is 7.76. The van der Waals surface area contributed by atoms with Crippen LogP contribution in [-0.2, 0) is 11.3 Å². The smallest absolute Gasteiger partial charge is 0.213 e. The van der Waals surface area contributed by atoms with Crippen LogP contribution < -0.4 is 0 Å². The van der Waals surface area contributed by atoms with Gasteiger partial charge in [-0.25, -0.2) is 4.21 Å². The predicted octanol–water partition coefficient (Wildman–Crippen LogP) is 1.37. The molecular formula is C2HCl3OS. The monoisotopic (exact) mass is 178 g/mol. The molecule has 0 rings (SSSR count). The van der Waals surface area contributed by atoms with Gasteiger partial charge in [0.2, 0.25) is 3.79 Å². The highest BCUT2D eigenvalue weighted by atomic mass is 35.6. The van der Waals surface area contributed by atoms with Crippen molar-refractivity contribution in [1.82, 2.24) is 0 Å². The molecule has 0 aliphatic rings. The van der Waals surface area contributed by atoms with Crippen molar-refractivity contribution in [3.63, 3.8) is 0 Å². The Morgan fingerprint density at radius 3 is 1.86 bits per heavy atom. The van der Waals surface area contributed by atoms with Crippen molar-refractivity contribution in [2.24, 2.45) is 0 Å². The lowest BCUT2D eigenvalue weighted by Gasteiger charge is -1.95. The molecular weight excluding hydrogens is 178 g/mol. The maximum atomic E-state index is 9.55. The van der Waals surface area contributed by atoms with E-state index >= 15 is 0 Å². The number of hydrogen-bond donors (Lipinski definition) is 0. The van der Waals surface area contributed by atoms with Crippen LogP contribution in [0.5, 0.6) is 0 Å². The quantitative estimate of drug-likeness (QED) is 0.405. The molecule has 0 unspecified atom stereocenters. The van der Waals surface area contributed by atoms with Crippen LogP contribution >= 0.6 is 34.8 Å². The number of hydrogen-bond acceptors (Lipinski definition) is 1. The van der Waals surface area contributed by atoms with E-state index in [-0.39, 0.29) is 11.3 Å². The highest BCUT2D eigenvalue weighted by molar-refractivity contribution is 7.65. The fraction of sp³-hybridized carbons (Fsp3) is 0.500. The van der Waals surface area contributed by atoms with Crippen molar-refractivity contribution in [3.8, 4) is 0 Å². The molecule has 0 aliphatic carbocycles. The second kappa shape index (κ2) is 2.92. The lowest BCUT2D eigenvalue weighted by Crippen LogP contribution is -2.01. The fourth-order valence-corrected chi connectivity index (χ4v) is 0.491. The van der Waals surface area contributed by atoms with Crippen LogP contribution in [0.3, 0.4) is 0 Å². The first-order valence-electron chi connectivity index (χ1n) is 1.26. The van der Waals surface area contributed by atoms with E-state index in [4.69, 9.17) is 34.8 Å². The van der Waals surface area contributed by atoms with E-state index < -0.39 is 3.79 Å². The Morgan fingerprint density at radius 1 is 1.43 bits per heavy atom. The molecule has 1 nitrogen and oxygen atoms in total. The van der Waals surface area contributed by atoms with Crippen LogP contribution in [-0.4, -0.2) is 13.4 Å². The third kappa shape index (κ3) is 6.76. The summed E-state index contributed by atoms with van der Waals surface area (Å²) in [7, 11) is 0. The second-order valence-electron chi connectivity index (χ2n) is 0.756. The Balaban J connectivity index is 3.80. The van der Waals surface area contributed by atoms with Gasteiger partial charge in [-0.3, -0.25) is 0 Å². The van der Waals surface area contributed by atoms with Gasteiger partial charge in [-0.2, -0.15) is 0 Å². The molecule has 0 N–H and O–H groups in total. The Hall–Kier alpha value is 0.760. The molecule has 0 saturated carbocycles. The van der Waals surface area contributed by atoms with E-state index in [0.717, 1.165) is 5.37 Å². The van der Waals surface area contributed by atoms with Gasteiger partial charge < -0.3 is 0 Å². The number of rotatable bonds is 0. The number of alkyl halides is 3. The molecule has 0 aromatic carbocycles. The van der Waals surface area contributed by atoms with Gasteiger partial charge in [-0.05, 0) is 0 Å². The Morgan fingerprint density at radius 2 is 1.86 bits per heavy atom. The minimum absolute atomic E-state index is 0.138. The average Bonchev–Trinajstić information content (AvgIpc) is 1.30. The molecule has 0 radical (unpaired) electrons. The molecule has 0 aromatic heterocycles. The summed E-state index contributed by atoms with van der Waals surface area (Å²) in [6, 6.07) is 0. The van der Waals surface area contributed by atoms with Gasteiger partial charge in [0.15, 0.2) is 0 Å². The summed E-state index contributed by atoms with van der Waals surface area (Å²) in [5.74, 6) is 0. The molecule has 0 amide bonds. The lowest BCUT2D eigenvalue weighted by atomic mass is 10.9. The number of halogens is 3. The van der Waals surface area contributed by atoms with E-state index in [1.807, 2.05) is 0 Å². The summed E-state index contributed by atoms with van der Waals surface area (Å²) in [6.45, 7) is 0. The third-order valence-corrected chi connectivity index (χ3v) is 1.35. The molecule has 42 valence electrons. The molecule has 0 atom stereocenters. The van der Waals surface area contributed by atoms with Gasteiger partial charge in [-0.15, -0.1) is 0 Å². The zero-order valence-electron chi connectivity index (χ0n) is 3.03. The molecule has 5 heteroatoms. The van der Waals surface area contributed by atoms with Gasteiger partial charge in [0, 0.05) is 0 Å². The minimum Gasteiger partial charge on any atom is -0.213 e. The van der Waals surface area contributed by atoms with E-state index in [9.17, 15) is 4.21 Å². The van der Waals surface area contributed by atoms with Crippen molar-refractivity contribution < 1.29 is 4.21 Å². The van der Waals surface area contributed by atoms with Gasteiger partial charge in [0.05, 0.1) is 16.6 Å². The van der Waals surface area contributed by atoms with Gasteiger partial charge in [0.1, 0.15) is 0 Å². The normalized spacial score (nSPS) is 10.7. The fourth-order valence-electron chi connectivity index (χ4n) is 0.0546. The SMILES string of the molecule is O=S=CC(Cl)(Cl)Cl. The van der Waals surface area contributed by atoms with Gasteiger partial charge in [0.25, 0.3) is 0 Å². The van der Waals surface area contributed by atoms with Crippen LogP contribution in [0, 0.1) is 0 Å². The van der Waals surface area contributed by atoms with Crippen molar-refractivity contribution >= 4 is 51.4 Å². The van der Waals surface area contributed by atoms with Crippen molar-refractivity contribution in [1.29, 1.82) is 0 Å². The maximum absolute atomic E-state index is 9.55. The highest BCUT2D eigenvalue weighted by Crippen LogP contribution is 2.21. The summed E-state index contributed by atoms with van der Waals surface area (Å²) in [5, 5.41) is 0.970. The van der Waals surface area contributed by atoms with E-state index in [1.54, 1.807) is 0 Å². The molecule has 0 aromatic rings. The van der Waals surface area contributed by atoms with Crippen LogP contribution in [0.4, 0.5) is 0 Å². The van der Waals surface area contributed by atoms with E-state index in [1.165, 1.54) is 0 Å². The zero-order valence-corrected chi connectivity index (χ0v) is 6.11. The summed E-state index contributed by atoms with van der Waals surface area (Å²) in [4.78, 5) is 0.